The van der Waals surface area contributed by atoms with Gasteiger partial charge in [0.15, 0.2) is 8.69 Å². The van der Waals surface area contributed by atoms with Gasteiger partial charge < -0.3 is 14.6 Å². The molecule has 0 radical (unpaired) electrons. The van der Waals surface area contributed by atoms with Crippen LogP contribution in [0.3, 0.4) is 0 Å². The van der Waals surface area contributed by atoms with E-state index < -0.39 is 26.6 Å². The third-order valence-corrected chi connectivity index (χ3v) is 1.54. The van der Waals surface area contributed by atoms with Crippen LogP contribution < -0.4 is 5.32 Å². The average molecular weight is 241 g/mol. The van der Waals surface area contributed by atoms with Crippen LogP contribution in [0.2, 0.25) is 0 Å². The Balaban J connectivity index is 3.66. The molecule has 0 aromatic rings. The summed E-state index contributed by atoms with van der Waals surface area (Å²) >= 11 is 0. The maximum Gasteiger partial charge on any atom is 0.407 e. The van der Waals surface area contributed by atoms with E-state index >= 15 is 0 Å². The zero-order valence-electron chi connectivity index (χ0n) is 9.08. The Morgan fingerprint density at radius 1 is 1.53 bits per heavy atom. The Labute approximate surface area is 89.6 Å². The average Bonchev–Trinajstić information content (AvgIpc) is 2.08. The van der Waals surface area contributed by atoms with Crippen molar-refractivity contribution in [2.24, 2.45) is 0 Å². The molecule has 2 atom stereocenters. The lowest BCUT2D eigenvalue weighted by Crippen LogP contribution is -2.36. The predicted octanol–water partition coefficient (Wildman–Crippen LogP) is 1.54. The molecule has 0 fully saturated rings. The van der Waals surface area contributed by atoms with Gasteiger partial charge in [-0.15, -0.1) is 0 Å². The fourth-order valence-corrected chi connectivity index (χ4v) is 0.998. The maximum absolute atomic E-state index is 12.9. The van der Waals surface area contributed by atoms with Crippen LogP contribution >= 0.6 is 8.69 Å². The number of rotatable bonds is 5. The summed E-state index contributed by atoms with van der Waals surface area (Å²) in [7, 11) is -1.41. The number of alkyl halides is 1. The smallest absolute Gasteiger partial charge is 0.407 e. The largest absolute Gasteiger partial charge is 0.444 e. The van der Waals surface area contributed by atoms with Gasteiger partial charge in [0.1, 0.15) is 11.8 Å². The molecule has 0 aliphatic rings. The number of hydrogen-bond donors (Lipinski definition) is 1. The monoisotopic (exact) mass is 241 g/mol. The van der Waals surface area contributed by atoms with Crippen LogP contribution in [0.1, 0.15) is 20.8 Å². The van der Waals surface area contributed by atoms with Gasteiger partial charge in [-0.05, 0) is 20.8 Å². The van der Waals surface area contributed by atoms with Crippen molar-refractivity contribution < 1.29 is 23.0 Å². The third-order valence-electron chi connectivity index (χ3n) is 1.21. The quantitative estimate of drug-likeness (QED) is 0.741. The van der Waals surface area contributed by atoms with E-state index in [9.17, 15) is 13.8 Å². The van der Waals surface area contributed by atoms with E-state index in [0.29, 0.717) is 0 Å². The zero-order chi connectivity index (χ0) is 11.9. The van der Waals surface area contributed by atoms with Gasteiger partial charge in [0.05, 0.1) is 13.2 Å². The first kappa shape index (κ1) is 14.4. The number of carbonyl (C=O) groups is 1. The summed E-state index contributed by atoms with van der Waals surface area (Å²) in [5.41, 5.74) is -0.606. The lowest BCUT2D eigenvalue weighted by Gasteiger charge is -2.20. The first-order valence-electron chi connectivity index (χ1n) is 4.51. The Morgan fingerprint density at radius 2 is 2.13 bits per heavy atom. The van der Waals surface area contributed by atoms with Gasteiger partial charge in [-0.3, -0.25) is 4.57 Å². The molecule has 90 valence electrons. The van der Waals surface area contributed by atoms with Gasteiger partial charge in [0.25, 0.3) is 0 Å². The first-order valence-corrected chi connectivity index (χ1v) is 5.45. The van der Waals surface area contributed by atoms with Crippen LogP contribution in [0, 0.1) is 0 Å². The minimum atomic E-state index is -1.41. The molecule has 0 aliphatic carbocycles. The molecular formula is C8H17FNO4P. The predicted molar refractivity (Wildman–Crippen MR) is 55.5 cm³/mol. The second kappa shape index (κ2) is 6.80. The van der Waals surface area contributed by atoms with Crippen molar-refractivity contribution in [3.05, 3.63) is 0 Å². The number of amides is 1. The molecule has 0 spiro atoms. The maximum atomic E-state index is 12.9. The van der Waals surface area contributed by atoms with Crippen molar-refractivity contribution in [1.82, 2.24) is 5.32 Å². The molecule has 0 aliphatic heterocycles. The Hall–Kier alpha value is -0.610. The van der Waals surface area contributed by atoms with Crippen LogP contribution in [-0.4, -0.2) is 31.0 Å². The summed E-state index contributed by atoms with van der Waals surface area (Å²) in [4.78, 5) is 11.0. The minimum Gasteiger partial charge on any atom is -0.444 e. The van der Waals surface area contributed by atoms with Gasteiger partial charge in [-0.25, -0.2) is 9.18 Å². The molecule has 0 saturated heterocycles. The molecule has 0 rings (SSSR count). The minimum absolute atomic E-state index is 0.214. The molecule has 0 aromatic carbocycles. The van der Waals surface area contributed by atoms with E-state index in [4.69, 9.17) is 4.74 Å². The van der Waals surface area contributed by atoms with Crippen molar-refractivity contribution in [3.63, 3.8) is 0 Å². The summed E-state index contributed by atoms with van der Waals surface area (Å²) in [5.74, 6) is 0. The van der Waals surface area contributed by atoms with Crippen molar-refractivity contribution in [3.8, 4) is 0 Å². The second-order valence-electron chi connectivity index (χ2n) is 3.91. The molecule has 15 heavy (non-hydrogen) atoms. The lowest BCUT2D eigenvalue weighted by molar-refractivity contribution is 0.0507. The van der Waals surface area contributed by atoms with Crippen LogP contribution in [0.25, 0.3) is 0 Å². The fourth-order valence-electron chi connectivity index (χ4n) is 0.711. The Morgan fingerprint density at radius 3 is 2.60 bits per heavy atom. The van der Waals surface area contributed by atoms with Crippen molar-refractivity contribution in [2.75, 3.05) is 13.2 Å². The van der Waals surface area contributed by atoms with Crippen LogP contribution in [0.5, 0.6) is 0 Å². The zero-order valence-corrected chi connectivity index (χ0v) is 10.2. The molecule has 0 heterocycles. The van der Waals surface area contributed by atoms with E-state index in [0.717, 1.165) is 0 Å². The van der Waals surface area contributed by atoms with Crippen LogP contribution in [0.4, 0.5) is 9.18 Å². The van der Waals surface area contributed by atoms with Gasteiger partial charge in [-0.1, -0.05) is 0 Å². The summed E-state index contributed by atoms with van der Waals surface area (Å²) in [6.07, 6.45) is -2.06. The standard InChI is InChI=1S/C8H17FNO4P/c1-8(2,3)14-7(11)10-4-6(9)5-13-15-12/h6H,4-5,15H2,1-3H3,(H,10,11)/t6-/m0/s1. The molecule has 5 nitrogen and oxygen atoms in total. The molecule has 7 heteroatoms. The second-order valence-corrected chi connectivity index (χ2v) is 4.44. The molecule has 0 saturated carbocycles. The van der Waals surface area contributed by atoms with E-state index in [-0.39, 0.29) is 13.2 Å². The lowest BCUT2D eigenvalue weighted by atomic mass is 10.2. The topological polar surface area (TPSA) is 64.6 Å². The van der Waals surface area contributed by atoms with Crippen LogP contribution in [0.15, 0.2) is 0 Å². The highest BCUT2D eigenvalue weighted by atomic mass is 31.1. The number of nitrogens with one attached hydrogen (secondary N) is 1. The molecule has 1 amide bonds. The van der Waals surface area contributed by atoms with Gasteiger partial charge in [0.2, 0.25) is 0 Å². The van der Waals surface area contributed by atoms with Gasteiger partial charge in [-0.2, -0.15) is 0 Å². The number of ether oxygens (including phenoxy) is 1. The normalized spacial score (nSPS) is 14.1. The first-order chi connectivity index (χ1) is 6.85. The number of carbonyl (C=O) groups excluding carboxylic acids is 1. The Bertz CT molecular complexity index is 219. The van der Waals surface area contributed by atoms with E-state index in [1.165, 1.54) is 0 Å². The summed E-state index contributed by atoms with van der Waals surface area (Å²) in [6.45, 7) is 4.64. The van der Waals surface area contributed by atoms with Gasteiger partial charge in [0, 0.05) is 0 Å². The van der Waals surface area contributed by atoms with Crippen molar-refractivity contribution in [1.29, 1.82) is 0 Å². The molecule has 1 unspecified atom stereocenters. The molecule has 0 aromatic heterocycles. The van der Waals surface area contributed by atoms with Crippen molar-refractivity contribution >= 4 is 14.8 Å². The van der Waals surface area contributed by atoms with Crippen LogP contribution in [-0.2, 0) is 13.8 Å². The highest BCUT2D eigenvalue weighted by molar-refractivity contribution is 7.17. The van der Waals surface area contributed by atoms with E-state index in [1.54, 1.807) is 20.8 Å². The summed E-state index contributed by atoms with van der Waals surface area (Å²) < 4.78 is 32.1. The summed E-state index contributed by atoms with van der Waals surface area (Å²) in [6, 6.07) is 0. The SMILES string of the molecule is CC(C)(C)OC(=O)NC[C@H](F)CO[PH2]=O. The number of alkyl carbamates (subject to hydrolysis) is 1. The number of hydrogen-bond acceptors (Lipinski definition) is 4. The summed E-state index contributed by atoms with van der Waals surface area (Å²) in [5, 5.41) is 2.24. The highest BCUT2D eigenvalue weighted by Crippen LogP contribution is 2.06. The van der Waals surface area contributed by atoms with Crippen molar-refractivity contribution in [2.45, 2.75) is 32.5 Å². The Kier molecular flexibility index (Phi) is 6.52. The number of halogens is 1. The van der Waals surface area contributed by atoms with E-state index in [1.807, 2.05) is 0 Å². The fraction of sp³-hybridized carbons (Fsp3) is 0.875. The third kappa shape index (κ3) is 9.69. The molecular weight excluding hydrogens is 224 g/mol. The van der Waals surface area contributed by atoms with Gasteiger partial charge >= 0.3 is 6.09 Å². The van der Waals surface area contributed by atoms with E-state index in [2.05, 4.69) is 9.84 Å². The highest BCUT2D eigenvalue weighted by Gasteiger charge is 2.17. The molecule has 1 N–H and O–H groups in total. The molecule has 0 bridgehead atoms.